The first-order valence-corrected chi connectivity index (χ1v) is 2.28. The van der Waals surface area contributed by atoms with Gasteiger partial charge in [-0.25, -0.2) is 0 Å². The van der Waals surface area contributed by atoms with Crippen molar-refractivity contribution in [2.75, 3.05) is 13.2 Å². The lowest BCUT2D eigenvalue weighted by molar-refractivity contribution is 0.117. The van der Waals surface area contributed by atoms with Crippen molar-refractivity contribution in [2.45, 2.75) is 12.8 Å². The molecule has 0 amide bonds. The van der Waals surface area contributed by atoms with Gasteiger partial charge in [0.15, 0.2) is 0 Å². The fourth-order valence-electron chi connectivity index (χ4n) is 0.516. The molecule has 0 N–H and O–H groups in total. The highest BCUT2D eigenvalue weighted by atomic mass is 16.5. The summed E-state index contributed by atoms with van der Waals surface area (Å²) < 4.78 is 5.01. The second-order valence-corrected chi connectivity index (χ2v) is 1.36. The molecule has 1 fully saturated rings. The van der Waals surface area contributed by atoms with Crippen LogP contribution in [-0.4, -0.2) is 13.2 Å². The van der Waals surface area contributed by atoms with Crippen molar-refractivity contribution < 1.29 is 4.74 Å². The molecule has 0 saturated carbocycles. The van der Waals surface area contributed by atoms with E-state index in [4.69, 9.17) is 4.74 Å². The third-order valence-electron chi connectivity index (χ3n) is 0.846. The summed E-state index contributed by atoms with van der Waals surface area (Å²) in [5, 5.41) is 0. The predicted octanol–water partition coefficient (Wildman–Crippen LogP) is 0.878. The zero-order valence-corrected chi connectivity index (χ0v) is 3.74. The Hall–Kier alpha value is -0.0400. The molecule has 0 bridgehead atoms. The second kappa shape index (κ2) is 2.19. The zero-order chi connectivity index (χ0) is 4.24. The minimum atomic E-state index is 0.889. The first-order valence-electron chi connectivity index (χ1n) is 2.28. The summed E-state index contributed by atoms with van der Waals surface area (Å²) >= 11 is 0. The summed E-state index contributed by atoms with van der Waals surface area (Å²) in [4.78, 5) is 0. The number of hydrogen-bond donors (Lipinski definition) is 0. The molecular formula is C5H8O. The maximum atomic E-state index is 5.01. The van der Waals surface area contributed by atoms with Gasteiger partial charge in [0.2, 0.25) is 0 Å². The van der Waals surface area contributed by atoms with Crippen LogP contribution in [0.5, 0.6) is 0 Å². The van der Waals surface area contributed by atoms with Crippen LogP contribution in [0.2, 0.25) is 0 Å². The molecule has 1 heteroatoms. The van der Waals surface area contributed by atoms with Gasteiger partial charge in [-0.15, -0.1) is 0 Å². The fraction of sp³-hybridized carbons (Fsp3) is 0.800. The lowest BCUT2D eigenvalue weighted by Gasteiger charge is -2.07. The van der Waals surface area contributed by atoms with E-state index >= 15 is 0 Å². The van der Waals surface area contributed by atoms with Gasteiger partial charge in [-0.1, -0.05) is 0 Å². The van der Waals surface area contributed by atoms with E-state index in [1.54, 1.807) is 0 Å². The van der Waals surface area contributed by atoms with E-state index in [0.717, 1.165) is 26.1 Å². The molecule has 6 heavy (non-hydrogen) atoms. The normalized spacial score (nSPS) is 24.0. The van der Waals surface area contributed by atoms with Crippen LogP contribution in [0.1, 0.15) is 12.8 Å². The van der Waals surface area contributed by atoms with Gasteiger partial charge in [0.25, 0.3) is 0 Å². The molecule has 1 saturated heterocycles. The summed E-state index contributed by atoms with van der Waals surface area (Å²) in [6.45, 7) is 1.78. The van der Waals surface area contributed by atoms with Crippen molar-refractivity contribution >= 4 is 0 Å². The van der Waals surface area contributed by atoms with E-state index in [0.29, 0.717) is 0 Å². The topological polar surface area (TPSA) is 9.23 Å². The van der Waals surface area contributed by atoms with Crippen LogP contribution in [0, 0.1) is 6.42 Å². The van der Waals surface area contributed by atoms with Crippen LogP contribution in [-0.2, 0) is 4.74 Å². The first kappa shape index (κ1) is 4.13. The van der Waals surface area contributed by atoms with Crippen LogP contribution in [0.15, 0.2) is 0 Å². The van der Waals surface area contributed by atoms with Crippen LogP contribution >= 0.6 is 0 Å². The Bertz CT molecular complexity index is 19.4. The van der Waals surface area contributed by atoms with Crippen molar-refractivity contribution in [3.63, 3.8) is 0 Å². The SMILES string of the molecule is [C]1CCOCC1. The summed E-state index contributed by atoms with van der Waals surface area (Å²) in [5.41, 5.74) is 0. The van der Waals surface area contributed by atoms with Gasteiger partial charge >= 0.3 is 0 Å². The third kappa shape index (κ3) is 0.977. The molecule has 1 heterocycles. The Balaban J connectivity index is 2.00. The van der Waals surface area contributed by atoms with E-state index in [-0.39, 0.29) is 0 Å². The number of hydrogen-bond acceptors (Lipinski definition) is 1. The van der Waals surface area contributed by atoms with Gasteiger partial charge in [0.1, 0.15) is 0 Å². The molecule has 34 valence electrons. The standard InChI is InChI=1S/C5H8O/c1-2-4-6-5-3-1/h2-5H2. The molecule has 0 unspecified atom stereocenters. The van der Waals surface area contributed by atoms with E-state index in [9.17, 15) is 0 Å². The molecule has 1 aliphatic rings. The van der Waals surface area contributed by atoms with E-state index in [1.165, 1.54) is 0 Å². The molecule has 0 spiro atoms. The smallest absolute Gasteiger partial charge is 0.0471 e. The van der Waals surface area contributed by atoms with Gasteiger partial charge in [-0.3, -0.25) is 0 Å². The monoisotopic (exact) mass is 84.1 g/mol. The molecule has 1 rings (SSSR count). The quantitative estimate of drug-likeness (QED) is 0.423. The number of rotatable bonds is 0. The predicted molar refractivity (Wildman–Crippen MR) is 23.3 cm³/mol. The van der Waals surface area contributed by atoms with Crippen LogP contribution < -0.4 is 0 Å². The molecule has 1 nitrogen and oxygen atoms in total. The van der Waals surface area contributed by atoms with Crippen molar-refractivity contribution in [2.24, 2.45) is 0 Å². The highest BCUT2D eigenvalue weighted by Crippen LogP contribution is 2.00. The second-order valence-electron chi connectivity index (χ2n) is 1.36. The third-order valence-corrected chi connectivity index (χ3v) is 0.846. The van der Waals surface area contributed by atoms with Gasteiger partial charge < -0.3 is 4.74 Å². The Morgan fingerprint density at radius 3 is 2.00 bits per heavy atom. The van der Waals surface area contributed by atoms with E-state index in [2.05, 4.69) is 6.42 Å². The van der Waals surface area contributed by atoms with Crippen LogP contribution in [0.4, 0.5) is 0 Å². The van der Waals surface area contributed by atoms with Gasteiger partial charge in [0, 0.05) is 13.2 Å². The van der Waals surface area contributed by atoms with Gasteiger partial charge in [0.05, 0.1) is 0 Å². The molecule has 0 atom stereocenters. The lowest BCUT2D eigenvalue weighted by Crippen LogP contribution is -2.03. The average molecular weight is 84.1 g/mol. The van der Waals surface area contributed by atoms with Crippen molar-refractivity contribution in [1.82, 2.24) is 0 Å². The minimum Gasteiger partial charge on any atom is -0.381 e. The highest BCUT2D eigenvalue weighted by molar-refractivity contribution is 4.66. The van der Waals surface area contributed by atoms with Gasteiger partial charge in [-0.2, -0.15) is 0 Å². The van der Waals surface area contributed by atoms with E-state index in [1.807, 2.05) is 0 Å². The zero-order valence-electron chi connectivity index (χ0n) is 3.74. The van der Waals surface area contributed by atoms with Crippen LogP contribution in [0.3, 0.4) is 0 Å². The van der Waals surface area contributed by atoms with Crippen molar-refractivity contribution in [1.29, 1.82) is 0 Å². The molecular weight excluding hydrogens is 76.1 g/mol. The Morgan fingerprint density at radius 2 is 1.83 bits per heavy atom. The summed E-state index contributed by atoms with van der Waals surface area (Å²) in [7, 11) is 0. The largest absolute Gasteiger partial charge is 0.381 e. The number of ether oxygens (including phenoxy) is 1. The highest BCUT2D eigenvalue weighted by Gasteiger charge is 1.95. The fourth-order valence-corrected chi connectivity index (χ4v) is 0.516. The average Bonchev–Trinajstić information content (AvgIpc) is 1.72. The Kier molecular flexibility index (Phi) is 1.51. The molecule has 1 aliphatic heterocycles. The Morgan fingerprint density at radius 1 is 1.17 bits per heavy atom. The summed E-state index contributed by atoms with van der Waals surface area (Å²) in [5.74, 6) is 0. The first-order chi connectivity index (χ1) is 3.00. The lowest BCUT2D eigenvalue weighted by atomic mass is 10.2. The van der Waals surface area contributed by atoms with Gasteiger partial charge in [-0.05, 0) is 19.3 Å². The van der Waals surface area contributed by atoms with Crippen molar-refractivity contribution in [3.05, 3.63) is 6.42 Å². The molecule has 0 aromatic rings. The maximum absolute atomic E-state index is 5.01. The minimum absolute atomic E-state index is 0.889. The molecule has 0 aliphatic carbocycles. The van der Waals surface area contributed by atoms with Crippen molar-refractivity contribution in [3.8, 4) is 0 Å². The summed E-state index contributed by atoms with van der Waals surface area (Å²) in [6.07, 6.45) is 5.22. The van der Waals surface area contributed by atoms with E-state index < -0.39 is 0 Å². The summed E-state index contributed by atoms with van der Waals surface area (Å²) in [6, 6.07) is 0. The molecule has 0 aromatic heterocycles. The molecule has 2 radical (unpaired) electrons. The Labute approximate surface area is 38.3 Å². The maximum Gasteiger partial charge on any atom is 0.0471 e. The van der Waals surface area contributed by atoms with Crippen LogP contribution in [0.25, 0.3) is 0 Å². The molecule has 0 aromatic carbocycles.